The van der Waals surface area contributed by atoms with Gasteiger partial charge in [0.1, 0.15) is 23.1 Å². The maximum absolute atomic E-state index is 13.9. The molecule has 2 aromatic carbocycles. The topological polar surface area (TPSA) is 81.5 Å². The monoisotopic (exact) mass is 419 g/mol. The predicted octanol–water partition coefficient (Wildman–Crippen LogP) is 4.94. The molecule has 6 heteroatoms. The zero-order chi connectivity index (χ0) is 21.0. The first-order valence-corrected chi connectivity index (χ1v) is 10.5. The van der Waals surface area contributed by atoms with Crippen molar-refractivity contribution in [1.82, 2.24) is 5.16 Å². The van der Waals surface area contributed by atoms with Gasteiger partial charge in [0.2, 0.25) is 0 Å². The minimum Gasteiger partial charge on any atom is -0.387 e. The Kier molecular flexibility index (Phi) is 4.33. The van der Waals surface area contributed by atoms with Gasteiger partial charge in [-0.25, -0.2) is 0 Å². The summed E-state index contributed by atoms with van der Waals surface area (Å²) in [6.45, 7) is 3.65. The number of ketones is 1. The lowest BCUT2D eigenvalue weighted by molar-refractivity contribution is -0.124. The third-order valence-electron chi connectivity index (χ3n) is 6.25. The molecule has 152 valence electrons. The molecule has 5 rings (SSSR count). The Morgan fingerprint density at radius 1 is 1.10 bits per heavy atom. The minimum atomic E-state index is -0.959. The van der Waals surface area contributed by atoms with Crippen molar-refractivity contribution in [3.8, 4) is 11.1 Å². The van der Waals surface area contributed by atoms with Crippen molar-refractivity contribution in [3.63, 3.8) is 0 Å². The van der Waals surface area contributed by atoms with Gasteiger partial charge in [0.25, 0.3) is 0 Å². The Bertz CT molecular complexity index is 1180. The molecule has 0 spiro atoms. The first-order chi connectivity index (χ1) is 14.4. The maximum Gasteiger partial charge on any atom is 0.180 e. The normalized spacial score (nSPS) is 23.6. The number of aromatic nitrogens is 1. The molecule has 2 unspecified atom stereocenters. The van der Waals surface area contributed by atoms with Crippen LogP contribution in [0, 0.1) is 19.8 Å². The predicted molar refractivity (Wildman–Crippen MR) is 117 cm³/mol. The molecule has 2 aliphatic rings. The summed E-state index contributed by atoms with van der Waals surface area (Å²) in [6.07, 6.45) is 1.91. The fourth-order valence-electron chi connectivity index (χ4n) is 4.70. The largest absolute Gasteiger partial charge is 0.387 e. The number of carbonyl (C=O) groups excluding carboxylic acids is 1. The van der Waals surface area contributed by atoms with Crippen molar-refractivity contribution in [2.45, 2.75) is 38.1 Å². The minimum absolute atomic E-state index is 0.0140. The van der Waals surface area contributed by atoms with Crippen LogP contribution in [0.3, 0.4) is 0 Å². The number of amidine groups is 1. The van der Waals surface area contributed by atoms with Gasteiger partial charge in [-0.1, -0.05) is 47.1 Å². The average molecular weight is 420 g/mol. The number of Topliss-reactive ketones (excluding diaryl/α,β-unsaturated/α-hetero) is 1. The van der Waals surface area contributed by atoms with E-state index < -0.39 is 11.5 Å². The molecule has 2 heterocycles. The van der Waals surface area contributed by atoms with Gasteiger partial charge in [-0.2, -0.15) is 0 Å². The van der Waals surface area contributed by atoms with Gasteiger partial charge in [0.05, 0.1) is 5.69 Å². The van der Waals surface area contributed by atoms with E-state index in [9.17, 15) is 4.79 Å². The van der Waals surface area contributed by atoms with Gasteiger partial charge >= 0.3 is 0 Å². The number of halogens is 1. The molecule has 3 aromatic rings. The molecule has 2 atom stereocenters. The van der Waals surface area contributed by atoms with Crippen molar-refractivity contribution >= 4 is 23.2 Å². The quantitative estimate of drug-likeness (QED) is 0.649. The van der Waals surface area contributed by atoms with Crippen LogP contribution in [0.15, 0.2) is 58.0 Å². The Balaban J connectivity index is 1.64. The van der Waals surface area contributed by atoms with Gasteiger partial charge < -0.3 is 10.3 Å². The maximum atomic E-state index is 13.9. The molecule has 1 aromatic heterocycles. The van der Waals surface area contributed by atoms with E-state index in [0.29, 0.717) is 22.3 Å². The van der Waals surface area contributed by atoms with E-state index in [1.165, 1.54) is 0 Å². The summed E-state index contributed by atoms with van der Waals surface area (Å²) in [5.41, 5.74) is 9.73. The van der Waals surface area contributed by atoms with Crippen LogP contribution >= 0.6 is 11.6 Å². The summed E-state index contributed by atoms with van der Waals surface area (Å²) < 4.78 is 5.32. The van der Waals surface area contributed by atoms with Gasteiger partial charge in [0, 0.05) is 10.6 Å². The fourth-order valence-corrected chi connectivity index (χ4v) is 4.89. The number of rotatable bonds is 4. The summed E-state index contributed by atoms with van der Waals surface area (Å²) in [7, 11) is 0. The number of hydrogen-bond donors (Lipinski definition) is 1. The summed E-state index contributed by atoms with van der Waals surface area (Å²) in [5.74, 6) is 0.508. The zero-order valence-electron chi connectivity index (χ0n) is 16.9. The van der Waals surface area contributed by atoms with E-state index in [4.69, 9.17) is 26.9 Å². The van der Waals surface area contributed by atoms with Gasteiger partial charge in [-0.05, 0) is 67.5 Å². The lowest BCUT2D eigenvalue weighted by Crippen LogP contribution is -2.36. The van der Waals surface area contributed by atoms with Gasteiger partial charge in [0.15, 0.2) is 5.78 Å². The molecule has 1 fully saturated rings. The average Bonchev–Trinajstić information content (AvgIpc) is 3.49. The highest BCUT2D eigenvalue weighted by atomic mass is 35.5. The molecule has 30 heavy (non-hydrogen) atoms. The number of nitrogens with zero attached hydrogens (tertiary/aromatic N) is 2. The van der Waals surface area contributed by atoms with Crippen molar-refractivity contribution in [2.75, 3.05) is 0 Å². The van der Waals surface area contributed by atoms with E-state index >= 15 is 0 Å². The van der Waals surface area contributed by atoms with Crippen LogP contribution in [-0.4, -0.2) is 16.8 Å². The molecule has 0 bridgehead atoms. The molecule has 2 N–H and O–H groups in total. The molecule has 1 aliphatic carbocycles. The second-order valence-corrected chi connectivity index (χ2v) is 8.64. The fraction of sp³-hybridized carbons (Fsp3) is 0.292. The lowest BCUT2D eigenvalue weighted by Gasteiger charge is -2.26. The highest BCUT2D eigenvalue weighted by Crippen LogP contribution is 2.54. The Morgan fingerprint density at radius 2 is 1.80 bits per heavy atom. The smallest absolute Gasteiger partial charge is 0.180 e. The summed E-state index contributed by atoms with van der Waals surface area (Å²) in [4.78, 5) is 18.8. The second-order valence-electron chi connectivity index (χ2n) is 8.20. The lowest BCUT2D eigenvalue weighted by atomic mass is 9.76. The first-order valence-electron chi connectivity index (χ1n) is 10.1. The van der Waals surface area contributed by atoms with Crippen LogP contribution in [0.1, 0.15) is 41.3 Å². The van der Waals surface area contributed by atoms with Crippen LogP contribution < -0.4 is 5.73 Å². The van der Waals surface area contributed by atoms with Crippen LogP contribution in [0.5, 0.6) is 0 Å². The standard InChI is InChI=1S/C24H22ClN3O2/c1-13-20(14(2)30-28-13)21-22(29)24(17-9-10-17,27-23(21)26)18-7-3-5-15(11-18)16-6-4-8-19(25)12-16/h3-8,11-12,17,21H,9-10H2,1-2H3,(H2,26,27). The van der Waals surface area contributed by atoms with E-state index in [1.54, 1.807) is 0 Å². The Morgan fingerprint density at radius 3 is 2.43 bits per heavy atom. The molecule has 0 amide bonds. The highest BCUT2D eigenvalue weighted by Gasteiger charge is 2.59. The highest BCUT2D eigenvalue weighted by molar-refractivity contribution is 6.30. The van der Waals surface area contributed by atoms with Crippen molar-refractivity contribution in [2.24, 2.45) is 16.6 Å². The first kappa shape index (κ1) is 19.1. The number of aryl methyl sites for hydroxylation is 2. The van der Waals surface area contributed by atoms with Crippen molar-refractivity contribution < 1.29 is 9.32 Å². The van der Waals surface area contributed by atoms with Crippen molar-refractivity contribution in [1.29, 1.82) is 0 Å². The van der Waals surface area contributed by atoms with Crippen LogP contribution in [0.4, 0.5) is 0 Å². The molecule has 5 nitrogen and oxygen atoms in total. The summed E-state index contributed by atoms with van der Waals surface area (Å²) in [6, 6.07) is 15.7. The Labute approximate surface area is 179 Å². The SMILES string of the molecule is Cc1noc(C)c1C1C(=O)C(c2cccc(-c3cccc(Cl)c3)c2)(C2CC2)N=C1N. The molecular formula is C24H22ClN3O2. The van der Waals surface area contributed by atoms with E-state index in [-0.39, 0.29) is 11.7 Å². The third kappa shape index (κ3) is 2.80. The number of nitrogens with two attached hydrogens (primary N) is 1. The van der Waals surface area contributed by atoms with Gasteiger partial charge in [-0.3, -0.25) is 9.79 Å². The molecule has 0 saturated heterocycles. The molecule has 1 saturated carbocycles. The molecular weight excluding hydrogens is 398 g/mol. The van der Waals surface area contributed by atoms with E-state index in [2.05, 4.69) is 5.16 Å². The number of hydrogen-bond acceptors (Lipinski definition) is 5. The molecule has 1 aliphatic heterocycles. The second kappa shape index (κ2) is 6.81. The Hall–Kier alpha value is -2.92. The zero-order valence-corrected chi connectivity index (χ0v) is 17.6. The number of carbonyl (C=O) groups is 1. The summed E-state index contributed by atoms with van der Waals surface area (Å²) in [5, 5.41) is 4.70. The van der Waals surface area contributed by atoms with Crippen molar-refractivity contribution in [3.05, 3.63) is 76.1 Å². The third-order valence-corrected chi connectivity index (χ3v) is 6.48. The number of benzene rings is 2. The van der Waals surface area contributed by atoms with Gasteiger partial charge in [-0.15, -0.1) is 0 Å². The summed E-state index contributed by atoms with van der Waals surface area (Å²) >= 11 is 6.19. The van der Waals surface area contributed by atoms with E-state index in [1.807, 2.05) is 62.4 Å². The van der Waals surface area contributed by atoms with Crippen LogP contribution in [0.2, 0.25) is 5.02 Å². The van der Waals surface area contributed by atoms with Crippen LogP contribution in [0.25, 0.3) is 11.1 Å². The van der Waals surface area contributed by atoms with Crippen LogP contribution in [-0.2, 0) is 10.3 Å². The number of aliphatic imine (C=N–C) groups is 1. The molecule has 0 radical (unpaired) electrons. The van der Waals surface area contributed by atoms with E-state index in [0.717, 1.165) is 35.1 Å².